The highest BCUT2D eigenvalue weighted by Gasteiger charge is 2.16. The fourth-order valence-electron chi connectivity index (χ4n) is 4.20. The van der Waals surface area contributed by atoms with E-state index in [0.29, 0.717) is 39.4 Å². The number of para-hydroxylation sites is 1. The van der Waals surface area contributed by atoms with Crippen molar-refractivity contribution in [1.82, 2.24) is 15.0 Å². The van der Waals surface area contributed by atoms with Crippen molar-refractivity contribution in [3.8, 4) is 11.5 Å². The van der Waals surface area contributed by atoms with Crippen molar-refractivity contribution in [3.63, 3.8) is 0 Å². The Kier molecular flexibility index (Phi) is 9.15. The van der Waals surface area contributed by atoms with Gasteiger partial charge in [0.2, 0.25) is 17.8 Å². The van der Waals surface area contributed by atoms with Gasteiger partial charge >= 0.3 is 0 Å². The number of nitrogens with one attached hydrogen (secondary N) is 2. The minimum absolute atomic E-state index is 0.277. The van der Waals surface area contributed by atoms with Crippen LogP contribution in [0.4, 0.5) is 23.5 Å². The third-order valence-electron chi connectivity index (χ3n) is 6.26. The van der Waals surface area contributed by atoms with Crippen LogP contribution in [-0.4, -0.2) is 41.4 Å². The largest absolute Gasteiger partial charge is 0.493 e. The average Bonchev–Trinajstić information content (AvgIpc) is 2.98. The van der Waals surface area contributed by atoms with Gasteiger partial charge in [0.1, 0.15) is 6.61 Å². The lowest BCUT2D eigenvalue weighted by atomic mass is 10.1. The minimum atomic E-state index is 0.277. The summed E-state index contributed by atoms with van der Waals surface area (Å²) >= 11 is 12.3. The average molecular weight is 579 g/mol. The predicted molar refractivity (Wildman–Crippen MR) is 161 cm³/mol. The predicted octanol–water partition coefficient (Wildman–Crippen LogP) is 6.95. The Morgan fingerprint density at radius 3 is 2.48 bits per heavy atom. The van der Waals surface area contributed by atoms with Gasteiger partial charge in [0.05, 0.1) is 13.3 Å². The Morgan fingerprint density at radius 2 is 1.70 bits per heavy atom. The summed E-state index contributed by atoms with van der Waals surface area (Å²) in [5.74, 6) is 2.56. The molecule has 0 amide bonds. The van der Waals surface area contributed by atoms with Crippen molar-refractivity contribution in [2.24, 2.45) is 5.10 Å². The molecule has 3 aromatic carbocycles. The van der Waals surface area contributed by atoms with Crippen LogP contribution in [0.2, 0.25) is 10.0 Å². The maximum atomic E-state index is 6.27. The number of benzene rings is 3. The van der Waals surface area contributed by atoms with Crippen LogP contribution in [0.1, 0.15) is 30.4 Å². The number of ether oxygens (including phenoxy) is 2. The molecule has 0 aliphatic carbocycles. The molecule has 2 heterocycles. The van der Waals surface area contributed by atoms with Crippen molar-refractivity contribution in [2.75, 3.05) is 35.8 Å². The van der Waals surface area contributed by atoms with E-state index in [1.807, 2.05) is 54.6 Å². The smallest absolute Gasteiger partial charge is 0.250 e. The summed E-state index contributed by atoms with van der Waals surface area (Å²) in [6.45, 7) is 2.10. The zero-order valence-corrected chi connectivity index (χ0v) is 23.5. The van der Waals surface area contributed by atoms with Gasteiger partial charge in [-0.15, -0.1) is 0 Å². The van der Waals surface area contributed by atoms with Crippen LogP contribution in [0.3, 0.4) is 0 Å². The number of hydrogen-bond acceptors (Lipinski definition) is 9. The molecule has 0 spiro atoms. The zero-order chi connectivity index (χ0) is 27.7. The monoisotopic (exact) mass is 577 g/mol. The zero-order valence-electron chi connectivity index (χ0n) is 22.0. The van der Waals surface area contributed by atoms with Crippen molar-refractivity contribution < 1.29 is 9.47 Å². The minimum Gasteiger partial charge on any atom is -0.493 e. The first-order valence-electron chi connectivity index (χ1n) is 12.9. The molecule has 11 heteroatoms. The Labute approximate surface area is 243 Å². The van der Waals surface area contributed by atoms with E-state index in [1.165, 1.54) is 6.42 Å². The lowest BCUT2D eigenvalue weighted by Gasteiger charge is -2.26. The quantitative estimate of drug-likeness (QED) is 0.154. The molecule has 1 aliphatic heterocycles. The number of anilines is 4. The molecule has 1 aromatic heterocycles. The molecule has 40 heavy (non-hydrogen) atoms. The first-order chi connectivity index (χ1) is 19.6. The van der Waals surface area contributed by atoms with Gasteiger partial charge in [0, 0.05) is 34.4 Å². The van der Waals surface area contributed by atoms with Crippen molar-refractivity contribution in [1.29, 1.82) is 0 Å². The Balaban J connectivity index is 1.29. The van der Waals surface area contributed by atoms with E-state index >= 15 is 0 Å². The normalized spacial score (nSPS) is 13.3. The van der Waals surface area contributed by atoms with Crippen molar-refractivity contribution >= 4 is 52.9 Å². The van der Waals surface area contributed by atoms with Crippen molar-refractivity contribution in [2.45, 2.75) is 25.9 Å². The van der Waals surface area contributed by atoms with E-state index < -0.39 is 0 Å². The molecule has 1 fully saturated rings. The molecular formula is C29H29Cl2N7O2. The molecular weight excluding hydrogens is 549 g/mol. The van der Waals surface area contributed by atoms with E-state index in [-0.39, 0.29) is 6.61 Å². The van der Waals surface area contributed by atoms with E-state index in [9.17, 15) is 0 Å². The van der Waals surface area contributed by atoms with Crippen LogP contribution in [0.25, 0.3) is 0 Å². The first-order valence-corrected chi connectivity index (χ1v) is 13.7. The van der Waals surface area contributed by atoms with Gasteiger partial charge in [-0.25, -0.2) is 5.43 Å². The molecule has 4 aromatic rings. The molecule has 0 atom stereocenters. The topological polar surface area (TPSA) is 96.8 Å². The molecule has 0 radical (unpaired) electrons. The number of piperidine rings is 1. The van der Waals surface area contributed by atoms with Gasteiger partial charge in [0.15, 0.2) is 11.5 Å². The van der Waals surface area contributed by atoms with E-state index in [1.54, 1.807) is 25.5 Å². The van der Waals surface area contributed by atoms with E-state index in [4.69, 9.17) is 32.7 Å². The summed E-state index contributed by atoms with van der Waals surface area (Å²) < 4.78 is 11.5. The standard InChI is InChI=1S/C29H29Cl2N7O2/c1-39-26-16-20(10-13-25(26)40-19-21-11-12-22(30)17-24(21)31)18-32-37-28-34-27(33-23-8-4-2-5-9-23)35-29(36-28)38-14-6-3-7-15-38/h2,4-5,8-13,16-18H,3,6-7,14-15,19H2,1H3,(H2,33,34,35,36,37)/b32-18+. The van der Waals surface area contributed by atoms with Crippen LogP contribution in [0, 0.1) is 0 Å². The van der Waals surface area contributed by atoms with Gasteiger partial charge in [-0.2, -0.15) is 20.1 Å². The highest BCUT2D eigenvalue weighted by Crippen LogP contribution is 2.30. The molecule has 1 saturated heterocycles. The summed E-state index contributed by atoms with van der Waals surface area (Å²) in [6, 6.07) is 20.6. The third-order valence-corrected chi connectivity index (χ3v) is 6.84. The fraction of sp³-hybridized carbons (Fsp3) is 0.241. The maximum absolute atomic E-state index is 6.27. The summed E-state index contributed by atoms with van der Waals surface area (Å²) in [5, 5.41) is 8.74. The number of nitrogens with zero attached hydrogens (tertiary/aromatic N) is 5. The molecule has 0 unspecified atom stereocenters. The van der Waals surface area contributed by atoms with E-state index in [2.05, 4.69) is 35.7 Å². The summed E-state index contributed by atoms with van der Waals surface area (Å²) in [4.78, 5) is 16.0. The van der Waals surface area contributed by atoms with Crippen molar-refractivity contribution in [3.05, 3.63) is 87.9 Å². The summed E-state index contributed by atoms with van der Waals surface area (Å²) in [5.41, 5.74) is 5.47. The molecule has 0 saturated carbocycles. The lowest BCUT2D eigenvalue weighted by molar-refractivity contribution is 0.284. The maximum Gasteiger partial charge on any atom is 0.250 e. The van der Waals surface area contributed by atoms with Crippen LogP contribution in [0.5, 0.6) is 11.5 Å². The van der Waals surface area contributed by atoms with Gasteiger partial charge < -0.3 is 19.7 Å². The highest BCUT2D eigenvalue weighted by molar-refractivity contribution is 6.35. The number of methoxy groups -OCH3 is 1. The SMILES string of the molecule is COc1cc(/C=N/Nc2nc(Nc3ccccc3)nc(N3CCCCC3)n2)ccc1OCc1ccc(Cl)cc1Cl. The molecule has 0 bridgehead atoms. The summed E-state index contributed by atoms with van der Waals surface area (Å²) in [7, 11) is 1.59. The summed E-state index contributed by atoms with van der Waals surface area (Å²) in [6.07, 6.45) is 5.11. The molecule has 5 rings (SSSR count). The number of hydrazone groups is 1. The van der Waals surface area contributed by atoms with Crippen LogP contribution >= 0.6 is 23.2 Å². The van der Waals surface area contributed by atoms with Gasteiger partial charge in [0.25, 0.3) is 0 Å². The number of hydrogen-bond donors (Lipinski definition) is 2. The third kappa shape index (κ3) is 7.31. The highest BCUT2D eigenvalue weighted by atomic mass is 35.5. The van der Waals surface area contributed by atoms with Gasteiger partial charge in [-0.05, 0) is 67.3 Å². The Hall–Kier alpha value is -4.08. The second kappa shape index (κ2) is 13.3. The van der Waals surface area contributed by atoms with Crippen LogP contribution in [-0.2, 0) is 6.61 Å². The van der Waals surface area contributed by atoms with Gasteiger partial charge in [-0.1, -0.05) is 47.5 Å². The second-order valence-electron chi connectivity index (χ2n) is 9.13. The molecule has 2 N–H and O–H groups in total. The second-order valence-corrected chi connectivity index (χ2v) is 9.97. The Bertz CT molecular complexity index is 1460. The fourth-order valence-corrected chi connectivity index (χ4v) is 4.66. The lowest BCUT2D eigenvalue weighted by Crippen LogP contribution is -2.31. The first kappa shape index (κ1) is 27.5. The molecule has 9 nitrogen and oxygen atoms in total. The Morgan fingerprint density at radius 1 is 0.900 bits per heavy atom. The van der Waals surface area contributed by atoms with E-state index in [0.717, 1.165) is 42.7 Å². The molecule has 1 aliphatic rings. The molecule has 206 valence electrons. The number of rotatable bonds is 10. The van der Waals surface area contributed by atoms with Crippen LogP contribution in [0.15, 0.2) is 71.8 Å². The number of halogens is 2. The number of aromatic nitrogens is 3. The van der Waals surface area contributed by atoms with Gasteiger partial charge in [-0.3, -0.25) is 0 Å². The van der Waals surface area contributed by atoms with Crippen LogP contribution < -0.4 is 25.1 Å².